The largest absolute Gasteiger partial charge is 0.382 e. The highest BCUT2D eigenvalue weighted by Crippen LogP contribution is 2.24. The van der Waals surface area contributed by atoms with Crippen LogP contribution in [-0.4, -0.2) is 27.4 Å². The Hall–Kier alpha value is -2.82. The molecule has 0 aliphatic carbocycles. The van der Waals surface area contributed by atoms with Crippen molar-refractivity contribution in [2.45, 2.75) is 6.92 Å². The van der Waals surface area contributed by atoms with Gasteiger partial charge in [0.1, 0.15) is 0 Å². The van der Waals surface area contributed by atoms with Crippen molar-refractivity contribution in [2.75, 3.05) is 17.7 Å². The van der Waals surface area contributed by atoms with Crippen LogP contribution in [-0.2, 0) is 0 Å². The van der Waals surface area contributed by atoms with E-state index in [1.165, 1.54) is 0 Å². The van der Waals surface area contributed by atoms with Gasteiger partial charge in [0.15, 0.2) is 11.5 Å². The summed E-state index contributed by atoms with van der Waals surface area (Å²) >= 11 is 0. The lowest BCUT2D eigenvalue weighted by molar-refractivity contribution is 0.102. The molecule has 3 aromatic rings. The number of nitrogens with one attached hydrogen (secondary N) is 1. The number of aryl methyl sites for hydroxylation is 1. The van der Waals surface area contributed by atoms with Gasteiger partial charge in [-0.05, 0) is 25.7 Å². The fraction of sp³-hybridized carbons (Fsp3) is 0.105. The molecule has 1 unspecified atom stereocenters. The van der Waals surface area contributed by atoms with Crippen LogP contribution in [0.15, 0.2) is 54.7 Å². The number of amides is 1. The summed E-state index contributed by atoms with van der Waals surface area (Å²) in [7, 11) is -1.16. The zero-order chi connectivity index (χ0) is 18.7. The van der Waals surface area contributed by atoms with Gasteiger partial charge in [-0.2, -0.15) is 0 Å². The normalized spacial score (nSPS) is 11.8. The third-order valence-corrected chi connectivity index (χ3v) is 4.91. The van der Waals surface area contributed by atoms with Gasteiger partial charge in [-0.1, -0.05) is 42.0 Å². The van der Waals surface area contributed by atoms with Gasteiger partial charge in [0.25, 0.3) is 5.91 Å². The van der Waals surface area contributed by atoms with Crippen molar-refractivity contribution in [2.24, 2.45) is 0 Å². The van der Waals surface area contributed by atoms with Crippen LogP contribution in [0.25, 0.3) is 11.3 Å². The number of anilines is 2. The van der Waals surface area contributed by atoms with E-state index in [0.717, 1.165) is 16.4 Å². The number of carbonyl (C=O) groups excluding carboxylic acids is 1. The van der Waals surface area contributed by atoms with Crippen molar-refractivity contribution < 1.29 is 9.69 Å². The highest BCUT2D eigenvalue weighted by Gasteiger charge is 2.15. The molecule has 0 aliphatic heterocycles. The molecule has 1 aromatic heterocycles. The molecule has 6 nitrogen and oxygen atoms in total. The number of rotatable bonds is 4. The minimum absolute atomic E-state index is 0.0717. The molecule has 7 heteroatoms. The first kappa shape index (κ1) is 18.0. The van der Waals surface area contributed by atoms with Crippen LogP contribution < -0.4 is 16.4 Å². The van der Waals surface area contributed by atoms with E-state index >= 15 is 0 Å². The Morgan fingerprint density at radius 3 is 2.38 bits per heavy atom. The molecule has 0 saturated heterocycles. The highest BCUT2D eigenvalue weighted by atomic mass is 31.1. The van der Waals surface area contributed by atoms with Crippen LogP contribution in [0.2, 0.25) is 0 Å². The van der Waals surface area contributed by atoms with Crippen molar-refractivity contribution in [3.63, 3.8) is 0 Å². The molecule has 0 aliphatic rings. The molecule has 1 atom stereocenters. The van der Waals surface area contributed by atoms with Crippen molar-refractivity contribution in [1.29, 1.82) is 0 Å². The summed E-state index contributed by atoms with van der Waals surface area (Å²) in [6.07, 6.45) is 1.55. The number of nitrogens with zero attached hydrogens (tertiary/aromatic N) is 2. The minimum atomic E-state index is -1.16. The SMILES string of the molecule is Cc1ccc(-c2cnc(N)c(C(=O)Nc3ccc(P(C)O)cc3)n2)cc1. The Labute approximate surface area is 153 Å². The van der Waals surface area contributed by atoms with Gasteiger partial charge < -0.3 is 15.9 Å². The maximum atomic E-state index is 12.6. The van der Waals surface area contributed by atoms with Crippen molar-refractivity contribution in [3.8, 4) is 11.3 Å². The van der Waals surface area contributed by atoms with Gasteiger partial charge in [0.2, 0.25) is 0 Å². The Morgan fingerprint density at radius 1 is 1.12 bits per heavy atom. The third-order valence-electron chi connectivity index (χ3n) is 3.86. The third kappa shape index (κ3) is 4.04. The minimum Gasteiger partial charge on any atom is -0.382 e. The summed E-state index contributed by atoms with van der Waals surface area (Å²) in [5, 5.41) is 3.59. The average Bonchev–Trinajstić information content (AvgIpc) is 2.63. The van der Waals surface area contributed by atoms with E-state index in [1.807, 2.05) is 31.2 Å². The first-order chi connectivity index (χ1) is 12.4. The summed E-state index contributed by atoms with van der Waals surface area (Å²) in [5.74, 6) is -0.359. The van der Waals surface area contributed by atoms with Crippen LogP contribution in [0.3, 0.4) is 0 Å². The molecule has 4 N–H and O–H groups in total. The lowest BCUT2D eigenvalue weighted by Gasteiger charge is -2.10. The van der Waals surface area contributed by atoms with E-state index in [2.05, 4.69) is 15.3 Å². The Morgan fingerprint density at radius 2 is 1.77 bits per heavy atom. The van der Waals surface area contributed by atoms with Crippen LogP contribution in [0, 0.1) is 6.92 Å². The van der Waals surface area contributed by atoms with E-state index < -0.39 is 14.1 Å². The van der Waals surface area contributed by atoms with Crippen molar-refractivity contribution in [3.05, 3.63) is 66.0 Å². The predicted molar refractivity (Wildman–Crippen MR) is 106 cm³/mol. The molecule has 1 heterocycles. The molecule has 0 spiro atoms. The summed E-state index contributed by atoms with van der Waals surface area (Å²) in [6, 6.07) is 14.8. The predicted octanol–water partition coefficient (Wildman–Crippen LogP) is 2.93. The number of nitrogen functional groups attached to an aromatic ring is 1. The van der Waals surface area contributed by atoms with Crippen LogP contribution in [0.4, 0.5) is 11.5 Å². The summed E-state index contributed by atoms with van der Waals surface area (Å²) in [6.45, 7) is 3.75. The Balaban J connectivity index is 1.84. The fourth-order valence-corrected chi connectivity index (χ4v) is 2.96. The molecule has 0 saturated carbocycles. The lowest BCUT2D eigenvalue weighted by Crippen LogP contribution is -2.17. The number of benzene rings is 2. The number of aromatic nitrogens is 2. The zero-order valence-corrected chi connectivity index (χ0v) is 15.4. The quantitative estimate of drug-likeness (QED) is 0.616. The van der Waals surface area contributed by atoms with Crippen LogP contribution in [0.1, 0.15) is 16.1 Å². The summed E-state index contributed by atoms with van der Waals surface area (Å²) in [5.41, 5.74) is 9.09. The first-order valence-corrected chi connectivity index (χ1v) is 9.72. The first-order valence-electron chi connectivity index (χ1n) is 7.97. The molecule has 2 aromatic carbocycles. The number of hydrogen-bond acceptors (Lipinski definition) is 5. The summed E-state index contributed by atoms with van der Waals surface area (Å²) in [4.78, 5) is 30.6. The molecule has 0 fully saturated rings. The average molecular weight is 366 g/mol. The van der Waals surface area contributed by atoms with Gasteiger partial charge >= 0.3 is 0 Å². The number of nitrogens with two attached hydrogens (primary N) is 1. The molecule has 132 valence electrons. The van der Waals surface area contributed by atoms with Crippen LogP contribution >= 0.6 is 8.15 Å². The molecule has 3 rings (SSSR count). The topological polar surface area (TPSA) is 101 Å². The smallest absolute Gasteiger partial charge is 0.278 e. The van der Waals surface area contributed by atoms with Gasteiger partial charge in [-0.25, -0.2) is 9.97 Å². The molecular formula is C19H19N4O2P. The lowest BCUT2D eigenvalue weighted by atomic mass is 10.1. The Bertz CT molecular complexity index is 925. The summed E-state index contributed by atoms with van der Waals surface area (Å²) < 4.78 is 0. The molecule has 26 heavy (non-hydrogen) atoms. The van der Waals surface area contributed by atoms with Gasteiger partial charge in [0, 0.05) is 16.6 Å². The van der Waals surface area contributed by atoms with E-state index in [0.29, 0.717) is 11.4 Å². The second-order valence-corrected chi connectivity index (χ2v) is 7.44. The number of hydrogen-bond donors (Lipinski definition) is 3. The van der Waals surface area contributed by atoms with E-state index in [9.17, 15) is 9.69 Å². The van der Waals surface area contributed by atoms with Crippen LogP contribution in [0.5, 0.6) is 0 Å². The molecular weight excluding hydrogens is 347 g/mol. The second kappa shape index (κ2) is 7.60. The maximum Gasteiger partial charge on any atom is 0.278 e. The molecule has 0 bridgehead atoms. The van der Waals surface area contributed by atoms with Crippen molar-refractivity contribution in [1.82, 2.24) is 9.97 Å². The highest BCUT2D eigenvalue weighted by molar-refractivity contribution is 7.59. The van der Waals surface area contributed by atoms with E-state index in [4.69, 9.17) is 5.73 Å². The second-order valence-electron chi connectivity index (χ2n) is 5.88. The van der Waals surface area contributed by atoms with Gasteiger partial charge in [0.05, 0.1) is 20.0 Å². The monoisotopic (exact) mass is 366 g/mol. The number of carbonyl (C=O) groups is 1. The van der Waals surface area contributed by atoms with Gasteiger partial charge in [-0.3, -0.25) is 4.79 Å². The van der Waals surface area contributed by atoms with Gasteiger partial charge in [-0.15, -0.1) is 0 Å². The zero-order valence-electron chi connectivity index (χ0n) is 14.5. The van der Waals surface area contributed by atoms with E-state index in [-0.39, 0.29) is 11.5 Å². The maximum absolute atomic E-state index is 12.6. The Kier molecular flexibility index (Phi) is 5.26. The molecule has 1 amide bonds. The molecule has 0 radical (unpaired) electrons. The van der Waals surface area contributed by atoms with Crippen molar-refractivity contribution >= 4 is 30.9 Å². The van der Waals surface area contributed by atoms with E-state index in [1.54, 1.807) is 37.1 Å². The standard InChI is InChI=1S/C19H19N4O2P/c1-12-3-5-13(6-4-12)16-11-21-18(20)17(23-16)19(24)22-14-7-9-15(10-8-14)26(2)25/h3-11,25H,1-2H3,(H2,20,21)(H,22,24). The fourth-order valence-electron chi connectivity index (χ4n) is 2.38.